The first-order valence-corrected chi connectivity index (χ1v) is 7.25. The van der Waals surface area contributed by atoms with Crippen LogP contribution in [0.1, 0.15) is 45.1 Å². The molecule has 0 heterocycles. The SMILES string of the molecule is CCCCC(CC)C(=O)Nc1cccc(CNC)c1. The highest BCUT2D eigenvalue weighted by molar-refractivity contribution is 5.92. The summed E-state index contributed by atoms with van der Waals surface area (Å²) >= 11 is 0. The molecule has 0 fully saturated rings. The lowest BCUT2D eigenvalue weighted by Crippen LogP contribution is -2.22. The number of unbranched alkanes of at least 4 members (excludes halogenated alkanes) is 1. The molecule has 0 radical (unpaired) electrons. The Kier molecular flexibility index (Phi) is 7.19. The van der Waals surface area contributed by atoms with E-state index in [9.17, 15) is 4.79 Å². The van der Waals surface area contributed by atoms with Gasteiger partial charge in [-0.1, -0.05) is 38.8 Å². The van der Waals surface area contributed by atoms with Crippen molar-refractivity contribution in [3.63, 3.8) is 0 Å². The molecule has 0 aromatic heterocycles. The molecule has 2 N–H and O–H groups in total. The summed E-state index contributed by atoms with van der Waals surface area (Å²) < 4.78 is 0. The summed E-state index contributed by atoms with van der Waals surface area (Å²) in [5.41, 5.74) is 2.08. The van der Waals surface area contributed by atoms with Gasteiger partial charge >= 0.3 is 0 Å². The fourth-order valence-corrected chi connectivity index (χ4v) is 2.18. The van der Waals surface area contributed by atoms with Gasteiger partial charge in [0.1, 0.15) is 0 Å². The molecule has 106 valence electrons. The molecule has 1 aromatic rings. The zero-order valence-electron chi connectivity index (χ0n) is 12.3. The molecule has 1 unspecified atom stereocenters. The van der Waals surface area contributed by atoms with E-state index in [1.807, 2.05) is 25.2 Å². The van der Waals surface area contributed by atoms with Crippen LogP contribution in [0.5, 0.6) is 0 Å². The first-order valence-electron chi connectivity index (χ1n) is 7.25. The topological polar surface area (TPSA) is 41.1 Å². The van der Waals surface area contributed by atoms with Crippen LogP contribution in [-0.4, -0.2) is 13.0 Å². The summed E-state index contributed by atoms with van der Waals surface area (Å²) in [6, 6.07) is 8.01. The Morgan fingerprint density at radius 1 is 1.32 bits per heavy atom. The van der Waals surface area contributed by atoms with Crippen molar-refractivity contribution in [2.24, 2.45) is 5.92 Å². The first-order chi connectivity index (χ1) is 9.21. The van der Waals surface area contributed by atoms with Crippen LogP contribution in [0.2, 0.25) is 0 Å². The number of nitrogens with one attached hydrogen (secondary N) is 2. The minimum Gasteiger partial charge on any atom is -0.326 e. The molecule has 0 saturated carbocycles. The second-order valence-corrected chi connectivity index (χ2v) is 4.97. The first kappa shape index (κ1) is 15.7. The molecule has 19 heavy (non-hydrogen) atoms. The lowest BCUT2D eigenvalue weighted by atomic mass is 9.98. The lowest BCUT2D eigenvalue weighted by molar-refractivity contribution is -0.120. The minimum atomic E-state index is 0.132. The minimum absolute atomic E-state index is 0.132. The molecule has 0 bridgehead atoms. The Morgan fingerprint density at radius 2 is 2.11 bits per heavy atom. The van der Waals surface area contributed by atoms with Gasteiger partial charge in [0.25, 0.3) is 0 Å². The lowest BCUT2D eigenvalue weighted by Gasteiger charge is -2.15. The van der Waals surface area contributed by atoms with Crippen molar-refractivity contribution in [3.8, 4) is 0 Å². The van der Waals surface area contributed by atoms with Crippen molar-refractivity contribution < 1.29 is 4.79 Å². The van der Waals surface area contributed by atoms with Crippen molar-refractivity contribution in [2.75, 3.05) is 12.4 Å². The quantitative estimate of drug-likeness (QED) is 0.752. The molecule has 0 saturated heterocycles. The van der Waals surface area contributed by atoms with Crippen LogP contribution in [0.25, 0.3) is 0 Å². The van der Waals surface area contributed by atoms with E-state index in [0.29, 0.717) is 0 Å². The number of carbonyl (C=O) groups is 1. The second-order valence-electron chi connectivity index (χ2n) is 4.97. The number of hydrogen-bond acceptors (Lipinski definition) is 2. The summed E-state index contributed by atoms with van der Waals surface area (Å²) in [6.07, 6.45) is 4.14. The monoisotopic (exact) mass is 262 g/mol. The highest BCUT2D eigenvalue weighted by atomic mass is 16.1. The fraction of sp³-hybridized carbons (Fsp3) is 0.562. The largest absolute Gasteiger partial charge is 0.326 e. The van der Waals surface area contributed by atoms with Crippen LogP contribution >= 0.6 is 0 Å². The molecule has 3 nitrogen and oxygen atoms in total. The van der Waals surface area contributed by atoms with Crippen LogP contribution in [0, 0.1) is 5.92 Å². The van der Waals surface area contributed by atoms with E-state index in [1.165, 1.54) is 5.56 Å². The highest BCUT2D eigenvalue weighted by Crippen LogP contribution is 2.17. The molecule has 1 atom stereocenters. The standard InChI is InChI=1S/C16H26N2O/c1-4-6-9-14(5-2)16(19)18-15-10-7-8-13(11-15)12-17-3/h7-8,10-11,14,17H,4-6,9,12H2,1-3H3,(H,18,19). The number of amides is 1. The van der Waals surface area contributed by atoms with Gasteiger partial charge in [-0.2, -0.15) is 0 Å². The molecule has 0 aliphatic carbocycles. The molecular weight excluding hydrogens is 236 g/mol. The van der Waals surface area contributed by atoms with Gasteiger partial charge in [-0.25, -0.2) is 0 Å². The zero-order valence-corrected chi connectivity index (χ0v) is 12.3. The number of benzene rings is 1. The summed E-state index contributed by atoms with van der Waals surface area (Å²) in [4.78, 5) is 12.2. The van der Waals surface area contributed by atoms with E-state index >= 15 is 0 Å². The van der Waals surface area contributed by atoms with E-state index in [2.05, 4.69) is 30.5 Å². The van der Waals surface area contributed by atoms with Gasteiger partial charge in [0.15, 0.2) is 0 Å². The van der Waals surface area contributed by atoms with Crippen LogP contribution in [0.4, 0.5) is 5.69 Å². The van der Waals surface area contributed by atoms with Crippen molar-refractivity contribution in [1.82, 2.24) is 5.32 Å². The number of rotatable bonds is 8. The number of hydrogen-bond donors (Lipinski definition) is 2. The maximum atomic E-state index is 12.2. The van der Waals surface area contributed by atoms with Crippen LogP contribution in [-0.2, 0) is 11.3 Å². The summed E-state index contributed by atoms with van der Waals surface area (Å²) in [5.74, 6) is 0.283. The second kappa shape index (κ2) is 8.70. The molecule has 0 aliphatic rings. The summed E-state index contributed by atoms with van der Waals surface area (Å²) in [6.45, 7) is 5.06. The third-order valence-electron chi connectivity index (χ3n) is 3.35. The molecule has 1 amide bonds. The van der Waals surface area contributed by atoms with E-state index in [4.69, 9.17) is 0 Å². The van der Waals surface area contributed by atoms with Crippen LogP contribution in [0.3, 0.4) is 0 Å². The number of anilines is 1. The zero-order chi connectivity index (χ0) is 14.1. The average Bonchev–Trinajstić information content (AvgIpc) is 2.40. The van der Waals surface area contributed by atoms with Crippen LogP contribution in [0.15, 0.2) is 24.3 Å². The van der Waals surface area contributed by atoms with Gasteiger partial charge in [-0.05, 0) is 37.6 Å². The fourth-order valence-electron chi connectivity index (χ4n) is 2.18. The molecule has 0 aliphatic heterocycles. The van der Waals surface area contributed by atoms with E-state index in [-0.39, 0.29) is 11.8 Å². The van der Waals surface area contributed by atoms with E-state index in [1.54, 1.807) is 0 Å². The smallest absolute Gasteiger partial charge is 0.227 e. The summed E-state index contributed by atoms with van der Waals surface area (Å²) in [5, 5.41) is 6.15. The third kappa shape index (κ3) is 5.43. The average molecular weight is 262 g/mol. The Morgan fingerprint density at radius 3 is 2.74 bits per heavy atom. The number of carbonyl (C=O) groups excluding carboxylic acids is 1. The molecule has 1 rings (SSSR count). The highest BCUT2D eigenvalue weighted by Gasteiger charge is 2.15. The van der Waals surface area contributed by atoms with Crippen LogP contribution < -0.4 is 10.6 Å². The Hall–Kier alpha value is -1.35. The van der Waals surface area contributed by atoms with Gasteiger partial charge < -0.3 is 10.6 Å². The van der Waals surface area contributed by atoms with Gasteiger partial charge in [-0.3, -0.25) is 4.79 Å². The van der Waals surface area contributed by atoms with Gasteiger partial charge in [-0.15, -0.1) is 0 Å². The van der Waals surface area contributed by atoms with Crippen molar-refractivity contribution in [2.45, 2.75) is 46.1 Å². The third-order valence-corrected chi connectivity index (χ3v) is 3.35. The van der Waals surface area contributed by atoms with Gasteiger partial charge in [0, 0.05) is 18.2 Å². The maximum absolute atomic E-state index is 12.2. The predicted octanol–water partition coefficient (Wildman–Crippen LogP) is 3.56. The van der Waals surface area contributed by atoms with Gasteiger partial charge in [0.05, 0.1) is 0 Å². The molecule has 0 spiro atoms. The Bertz CT molecular complexity index is 390. The van der Waals surface area contributed by atoms with Crippen molar-refractivity contribution in [1.29, 1.82) is 0 Å². The molecule has 3 heteroatoms. The van der Waals surface area contributed by atoms with E-state index < -0.39 is 0 Å². The van der Waals surface area contributed by atoms with E-state index in [0.717, 1.165) is 37.9 Å². The molecule has 1 aromatic carbocycles. The van der Waals surface area contributed by atoms with Crippen molar-refractivity contribution >= 4 is 11.6 Å². The normalized spacial score (nSPS) is 12.2. The predicted molar refractivity (Wildman–Crippen MR) is 81.1 cm³/mol. The Labute approximate surface area is 116 Å². The molecular formula is C16H26N2O. The van der Waals surface area contributed by atoms with Crippen molar-refractivity contribution in [3.05, 3.63) is 29.8 Å². The Balaban J connectivity index is 2.61. The maximum Gasteiger partial charge on any atom is 0.227 e. The van der Waals surface area contributed by atoms with Gasteiger partial charge in [0.2, 0.25) is 5.91 Å². The summed E-state index contributed by atoms with van der Waals surface area (Å²) in [7, 11) is 1.92.